The van der Waals surface area contributed by atoms with Gasteiger partial charge in [-0.3, -0.25) is 19.6 Å². The van der Waals surface area contributed by atoms with Crippen molar-refractivity contribution in [2.45, 2.75) is 32.2 Å². The molecule has 0 saturated carbocycles. The van der Waals surface area contributed by atoms with Gasteiger partial charge in [-0.05, 0) is 30.2 Å². The Labute approximate surface area is 180 Å². The quantitative estimate of drug-likeness (QED) is 0.599. The van der Waals surface area contributed by atoms with Gasteiger partial charge in [0.1, 0.15) is 5.78 Å². The van der Waals surface area contributed by atoms with Gasteiger partial charge in [0.15, 0.2) is 0 Å². The molecule has 0 saturated heterocycles. The van der Waals surface area contributed by atoms with E-state index in [4.69, 9.17) is 16.6 Å². The van der Waals surface area contributed by atoms with Gasteiger partial charge in [-0.15, -0.1) is 0 Å². The highest BCUT2D eigenvalue weighted by atomic mass is 35.5. The molecule has 2 aromatic heterocycles. The molecule has 0 N–H and O–H groups in total. The summed E-state index contributed by atoms with van der Waals surface area (Å²) in [6.07, 6.45) is 5.07. The van der Waals surface area contributed by atoms with Gasteiger partial charge in [-0.2, -0.15) is 0 Å². The molecule has 0 radical (unpaired) electrons. The molecular weight excluding hydrogens is 398 g/mol. The minimum absolute atomic E-state index is 0.128. The Morgan fingerprint density at radius 2 is 1.93 bits per heavy atom. The van der Waals surface area contributed by atoms with Gasteiger partial charge in [0.05, 0.1) is 17.4 Å². The van der Waals surface area contributed by atoms with Crippen LogP contribution in [0.5, 0.6) is 0 Å². The number of carbonyl (C=O) groups excluding carboxylic acids is 1. The van der Waals surface area contributed by atoms with Crippen molar-refractivity contribution in [2.24, 2.45) is 12.0 Å². The van der Waals surface area contributed by atoms with Gasteiger partial charge < -0.3 is 4.57 Å². The lowest BCUT2D eigenvalue weighted by Gasteiger charge is -2.15. The van der Waals surface area contributed by atoms with Gasteiger partial charge >= 0.3 is 0 Å². The van der Waals surface area contributed by atoms with Crippen LogP contribution in [-0.2, 0) is 11.8 Å². The van der Waals surface area contributed by atoms with Gasteiger partial charge in [0, 0.05) is 60.1 Å². The minimum atomic E-state index is -0.451. The smallest absolute Gasteiger partial charge is 0.250 e. The maximum Gasteiger partial charge on any atom is 0.250 e. The molecule has 1 aliphatic heterocycles. The summed E-state index contributed by atoms with van der Waals surface area (Å²) in [5.74, 6) is 0.132. The molecule has 6 heteroatoms. The summed E-state index contributed by atoms with van der Waals surface area (Å²) in [5, 5.41) is 0.634. The summed E-state index contributed by atoms with van der Waals surface area (Å²) in [6.45, 7) is 1.98. The Morgan fingerprint density at radius 1 is 1.17 bits per heavy atom. The van der Waals surface area contributed by atoms with Crippen LogP contribution in [-0.4, -0.2) is 21.0 Å². The lowest BCUT2D eigenvalue weighted by atomic mass is 9.93. The molecule has 0 spiro atoms. The van der Waals surface area contributed by atoms with Crippen molar-refractivity contribution in [3.8, 4) is 11.1 Å². The Morgan fingerprint density at radius 3 is 2.67 bits per heavy atom. The molecule has 1 aromatic carbocycles. The number of hydrogen-bond donors (Lipinski definition) is 0. The maximum atomic E-state index is 12.6. The highest BCUT2D eigenvalue weighted by Gasteiger charge is 2.27. The average molecular weight is 420 g/mol. The largest absolute Gasteiger partial charge is 0.318 e. The van der Waals surface area contributed by atoms with E-state index in [2.05, 4.69) is 4.98 Å². The number of aryl methyl sites for hydroxylation is 1. The summed E-state index contributed by atoms with van der Waals surface area (Å²) in [4.78, 5) is 34.6. The Kier molecular flexibility index (Phi) is 5.64. The first-order valence-electron chi connectivity index (χ1n) is 9.99. The number of nitrogens with zero attached hydrogens (tertiary/aromatic N) is 3. The number of aliphatic imine (C=N–C) groups is 1. The van der Waals surface area contributed by atoms with Gasteiger partial charge in [-0.1, -0.05) is 36.7 Å². The van der Waals surface area contributed by atoms with Crippen molar-refractivity contribution in [1.82, 2.24) is 9.55 Å². The second-order valence-corrected chi connectivity index (χ2v) is 7.92. The molecular formula is C24H22ClN3O2. The molecule has 0 unspecified atom stereocenters. The first-order chi connectivity index (χ1) is 14.5. The number of hydrogen-bond acceptors (Lipinski definition) is 4. The molecule has 0 bridgehead atoms. The Balaban J connectivity index is 1.98. The van der Waals surface area contributed by atoms with E-state index in [1.165, 1.54) is 0 Å². The number of Topliss-reactive ketones (excluding diaryl/α,β-unsaturated/α-hetero) is 1. The van der Waals surface area contributed by atoms with Crippen LogP contribution in [0.25, 0.3) is 11.1 Å². The van der Waals surface area contributed by atoms with Crippen molar-refractivity contribution in [1.29, 1.82) is 0 Å². The molecule has 3 aromatic rings. The van der Waals surface area contributed by atoms with E-state index in [0.717, 1.165) is 34.4 Å². The fourth-order valence-corrected chi connectivity index (χ4v) is 3.94. The van der Waals surface area contributed by atoms with Crippen molar-refractivity contribution < 1.29 is 4.79 Å². The number of halogens is 1. The van der Waals surface area contributed by atoms with Crippen LogP contribution >= 0.6 is 11.6 Å². The second kappa shape index (κ2) is 8.36. The van der Waals surface area contributed by atoms with Crippen LogP contribution in [0.2, 0.25) is 5.02 Å². The molecule has 30 heavy (non-hydrogen) atoms. The van der Waals surface area contributed by atoms with E-state index >= 15 is 0 Å². The molecule has 5 nitrogen and oxygen atoms in total. The maximum absolute atomic E-state index is 12.6. The summed E-state index contributed by atoms with van der Waals surface area (Å²) in [6, 6.07) is 12.4. The number of rotatable bonds is 5. The van der Waals surface area contributed by atoms with E-state index < -0.39 is 6.04 Å². The Bertz CT molecular complexity index is 1200. The summed E-state index contributed by atoms with van der Waals surface area (Å²) in [7, 11) is 1.72. The molecule has 4 rings (SSSR count). The van der Waals surface area contributed by atoms with Crippen LogP contribution in [0.4, 0.5) is 0 Å². The SMILES string of the molecule is CCCC(=O)C[C@@H]1N=C(c2ccc(Cl)cc2)c2ncccc2-c2cn(C)c(=O)cc21. The van der Waals surface area contributed by atoms with Crippen LogP contribution in [0.15, 0.2) is 64.6 Å². The lowest BCUT2D eigenvalue weighted by Crippen LogP contribution is -2.18. The molecule has 1 atom stereocenters. The van der Waals surface area contributed by atoms with Crippen molar-refractivity contribution in [2.75, 3.05) is 0 Å². The summed E-state index contributed by atoms with van der Waals surface area (Å²) < 4.78 is 1.55. The zero-order valence-corrected chi connectivity index (χ0v) is 17.7. The van der Waals surface area contributed by atoms with Crippen LogP contribution in [0.3, 0.4) is 0 Å². The number of aromatic nitrogens is 2. The molecule has 0 aliphatic carbocycles. The highest BCUT2D eigenvalue weighted by Crippen LogP contribution is 2.37. The highest BCUT2D eigenvalue weighted by molar-refractivity contribution is 6.30. The number of fused-ring (bicyclic) bond motifs is 3. The number of benzene rings is 1. The monoisotopic (exact) mass is 419 g/mol. The van der Waals surface area contributed by atoms with Crippen LogP contribution in [0, 0.1) is 0 Å². The fraction of sp³-hybridized carbons (Fsp3) is 0.250. The van der Waals surface area contributed by atoms with Crippen LogP contribution in [0.1, 0.15) is 49.0 Å². The normalized spacial score (nSPS) is 15.0. The molecule has 0 amide bonds. The van der Waals surface area contributed by atoms with E-state index in [1.807, 2.05) is 49.5 Å². The number of ketones is 1. The van der Waals surface area contributed by atoms with Crippen molar-refractivity contribution in [3.05, 3.63) is 87.1 Å². The lowest BCUT2D eigenvalue weighted by molar-refractivity contribution is -0.119. The Hall–Kier alpha value is -3.05. The predicted octanol–water partition coefficient (Wildman–Crippen LogP) is 4.75. The molecule has 0 fully saturated rings. The van der Waals surface area contributed by atoms with Gasteiger partial charge in [0.2, 0.25) is 0 Å². The molecule has 3 heterocycles. The standard InChI is InChI=1S/C24H22ClN3O2/c1-3-5-17(29)12-21-19-13-22(30)28(2)14-20(19)18-6-4-11-26-24(18)23(27-21)15-7-9-16(25)10-8-15/h4,6-11,13-14,21H,3,5,12H2,1-2H3/t21-/m0/s1. The average Bonchev–Trinajstić information content (AvgIpc) is 2.85. The van der Waals surface area contributed by atoms with Crippen molar-refractivity contribution in [3.63, 3.8) is 0 Å². The zero-order valence-electron chi connectivity index (χ0n) is 16.9. The number of carbonyl (C=O) groups is 1. The summed E-state index contributed by atoms with van der Waals surface area (Å²) >= 11 is 6.09. The molecule has 152 valence electrons. The first-order valence-corrected chi connectivity index (χ1v) is 10.4. The number of pyridine rings is 2. The fourth-order valence-electron chi connectivity index (χ4n) is 3.81. The van der Waals surface area contributed by atoms with Gasteiger partial charge in [-0.25, -0.2) is 0 Å². The predicted molar refractivity (Wildman–Crippen MR) is 119 cm³/mol. The zero-order chi connectivity index (χ0) is 21.3. The topological polar surface area (TPSA) is 64.3 Å². The van der Waals surface area contributed by atoms with E-state index in [1.54, 1.807) is 23.9 Å². The third-order valence-electron chi connectivity index (χ3n) is 5.29. The van der Waals surface area contributed by atoms with Crippen LogP contribution < -0.4 is 5.56 Å². The third-order valence-corrected chi connectivity index (χ3v) is 5.55. The van der Waals surface area contributed by atoms with Crippen molar-refractivity contribution >= 4 is 23.1 Å². The van der Waals surface area contributed by atoms with Gasteiger partial charge in [0.25, 0.3) is 5.56 Å². The third kappa shape index (κ3) is 3.85. The van der Waals surface area contributed by atoms with E-state index in [0.29, 0.717) is 17.2 Å². The summed E-state index contributed by atoms with van der Waals surface area (Å²) in [5.41, 5.74) is 4.70. The second-order valence-electron chi connectivity index (χ2n) is 7.48. The first kappa shape index (κ1) is 20.2. The molecule has 1 aliphatic rings. The van der Waals surface area contributed by atoms with E-state index in [-0.39, 0.29) is 17.8 Å². The van der Waals surface area contributed by atoms with E-state index in [9.17, 15) is 9.59 Å². The minimum Gasteiger partial charge on any atom is -0.318 e.